The van der Waals surface area contributed by atoms with Gasteiger partial charge in [-0.2, -0.15) is 0 Å². The molecule has 3 aliphatic heterocycles. The molecule has 0 radical (unpaired) electrons. The lowest BCUT2D eigenvalue weighted by Crippen LogP contribution is -2.49. The van der Waals surface area contributed by atoms with Crippen LogP contribution in [-0.2, 0) is 20.0 Å². The van der Waals surface area contributed by atoms with Crippen LogP contribution in [0.15, 0.2) is 103 Å². The number of phenols is 1. The van der Waals surface area contributed by atoms with Crippen LogP contribution in [0.5, 0.6) is 17.2 Å². The molecule has 2 amide bonds. The number of phenolic OH excluding ortho intramolecular Hbond substituents is 1. The second-order valence-corrected chi connectivity index (χ2v) is 14.4. The van der Waals surface area contributed by atoms with Gasteiger partial charge in [-0.3, -0.25) is 14.5 Å². The predicted molar refractivity (Wildman–Crippen MR) is 211 cm³/mol. The molecule has 0 spiro atoms. The standard InChI is InChI=1S/C43H41N5O5.ClH/c1-28-19-32(42(50)48(33-9-12-36(49)13-10-33)34-11-14-38-30(21-34)15-18-44(38)2)25-46(28)39-23-41-40(52-27-53-41)22-37(39)43(51)47-24-31-8-4-3-7-29(31)20-35(47)26-45-16-5-6-17-45;/h3-4,7-15,18-19,21-23,25,35,49H,5-6,16-17,20,24,26-27H2,1-2H3;1H/t35-;/m0./s1. The van der Waals surface area contributed by atoms with Gasteiger partial charge in [-0.05, 0) is 111 Å². The molecule has 1 fully saturated rings. The van der Waals surface area contributed by atoms with Gasteiger partial charge in [0.1, 0.15) is 5.75 Å². The average molecular weight is 744 g/mol. The molecule has 3 aliphatic rings. The number of aryl methyl sites for hydroxylation is 2. The van der Waals surface area contributed by atoms with Crippen LogP contribution in [0.1, 0.15) is 50.4 Å². The normalized spacial score (nSPS) is 16.3. The fourth-order valence-corrected chi connectivity index (χ4v) is 8.18. The second kappa shape index (κ2) is 14.3. The van der Waals surface area contributed by atoms with Gasteiger partial charge in [0.15, 0.2) is 11.5 Å². The zero-order valence-electron chi connectivity index (χ0n) is 30.3. The second-order valence-electron chi connectivity index (χ2n) is 14.4. The van der Waals surface area contributed by atoms with E-state index in [9.17, 15) is 14.7 Å². The number of carbonyl (C=O) groups is 2. The Morgan fingerprint density at radius 1 is 0.870 bits per heavy atom. The number of hydrogen-bond acceptors (Lipinski definition) is 6. The highest BCUT2D eigenvalue weighted by Gasteiger charge is 2.35. The molecule has 1 atom stereocenters. The highest BCUT2D eigenvalue weighted by atomic mass is 35.5. The van der Waals surface area contributed by atoms with Gasteiger partial charge in [0.05, 0.1) is 16.8 Å². The predicted octanol–water partition coefficient (Wildman–Crippen LogP) is 7.77. The van der Waals surface area contributed by atoms with E-state index in [4.69, 9.17) is 9.47 Å². The SMILES string of the molecule is Cc1cc(C(=O)N(c2ccc(O)cc2)c2ccc3c(ccn3C)c2)cn1-c1cc2c(cc1C(=O)N1Cc3ccccc3C[C@H]1CN1CCCC1)OCO2.Cl. The summed E-state index contributed by atoms with van der Waals surface area (Å²) in [6.45, 7) is 5.45. The number of amides is 2. The minimum Gasteiger partial charge on any atom is -0.508 e. The maximum atomic E-state index is 15.0. The number of anilines is 2. The lowest BCUT2D eigenvalue weighted by Gasteiger charge is -2.39. The maximum absolute atomic E-state index is 15.0. The van der Waals surface area contributed by atoms with Crippen LogP contribution < -0.4 is 14.4 Å². The van der Waals surface area contributed by atoms with Gasteiger partial charge < -0.3 is 33.5 Å². The summed E-state index contributed by atoms with van der Waals surface area (Å²) in [7, 11) is 1.99. The Morgan fingerprint density at radius 2 is 1.59 bits per heavy atom. The Labute approximate surface area is 320 Å². The van der Waals surface area contributed by atoms with Gasteiger partial charge in [0, 0.05) is 72.6 Å². The molecule has 0 saturated carbocycles. The molecule has 4 aromatic carbocycles. The van der Waals surface area contributed by atoms with Crippen LogP contribution in [0.4, 0.5) is 11.4 Å². The number of likely N-dealkylation sites (tertiary alicyclic amines) is 1. The van der Waals surface area contributed by atoms with Crippen molar-refractivity contribution in [1.82, 2.24) is 18.9 Å². The molecule has 10 nitrogen and oxygen atoms in total. The Balaban J connectivity index is 0.00000413. The molecule has 5 heterocycles. The monoisotopic (exact) mass is 743 g/mol. The van der Waals surface area contributed by atoms with Crippen molar-refractivity contribution in [3.8, 4) is 22.9 Å². The van der Waals surface area contributed by atoms with Crippen molar-refractivity contribution in [3.05, 3.63) is 131 Å². The number of nitrogens with zero attached hydrogens (tertiary/aromatic N) is 5. The lowest BCUT2D eigenvalue weighted by atomic mass is 9.92. The van der Waals surface area contributed by atoms with E-state index in [0.717, 1.165) is 48.2 Å². The number of hydrogen-bond donors (Lipinski definition) is 1. The van der Waals surface area contributed by atoms with E-state index in [0.29, 0.717) is 46.2 Å². The van der Waals surface area contributed by atoms with Crippen LogP contribution in [-0.4, -0.2) is 68.3 Å². The molecule has 276 valence electrons. The number of aromatic nitrogens is 2. The summed E-state index contributed by atoms with van der Waals surface area (Å²) in [6, 6.07) is 28.5. The first kappa shape index (κ1) is 35.3. The molecule has 1 N–H and O–H groups in total. The number of halogens is 1. The van der Waals surface area contributed by atoms with Crippen LogP contribution in [0, 0.1) is 6.92 Å². The zero-order chi connectivity index (χ0) is 36.2. The van der Waals surface area contributed by atoms with E-state index in [1.807, 2.05) is 76.7 Å². The van der Waals surface area contributed by atoms with Gasteiger partial charge >= 0.3 is 0 Å². The third-order valence-corrected chi connectivity index (χ3v) is 11.0. The van der Waals surface area contributed by atoms with Crippen molar-refractivity contribution in [1.29, 1.82) is 0 Å². The van der Waals surface area contributed by atoms with Crippen LogP contribution in [0.3, 0.4) is 0 Å². The molecule has 0 unspecified atom stereocenters. The van der Waals surface area contributed by atoms with Gasteiger partial charge in [-0.15, -0.1) is 12.4 Å². The molecule has 2 aromatic heterocycles. The fraction of sp³-hybridized carbons (Fsp3) is 0.256. The first-order chi connectivity index (χ1) is 25.8. The third-order valence-electron chi connectivity index (χ3n) is 11.0. The van der Waals surface area contributed by atoms with E-state index in [1.54, 1.807) is 41.4 Å². The summed E-state index contributed by atoms with van der Waals surface area (Å²) in [6.07, 6.45) is 6.95. The molecule has 11 heteroatoms. The van der Waals surface area contributed by atoms with Crippen LogP contribution >= 0.6 is 12.4 Å². The number of carbonyl (C=O) groups excluding carboxylic acids is 2. The summed E-state index contributed by atoms with van der Waals surface area (Å²) < 4.78 is 15.6. The largest absolute Gasteiger partial charge is 0.508 e. The molecule has 6 aromatic rings. The van der Waals surface area contributed by atoms with Gasteiger partial charge in [0.2, 0.25) is 6.79 Å². The Bertz CT molecular complexity index is 2380. The molecule has 1 saturated heterocycles. The molecule has 0 bridgehead atoms. The van der Waals surface area contributed by atoms with E-state index < -0.39 is 0 Å². The highest BCUT2D eigenvalue weighted by Crippen LogP contribution is 2.39. The van der Waals surface area contributed by atoms with Crippen molar-refractivity contribution < 1.29 is 24.2 Å². The summed E-state index contributed by atoms with van der Waals surface area (Å²) in [5.41, 5.74) is 7.14. The topological polar surface area (TPSA) is 92.4 Å². The minimum atomic E-state index is -0.250. The minimum absolute atomic E-state index is 0. The highest BCUT2D eigenvalue weighted by molar-refractivity contribution is 6.12. The van der Waals surface area contributed by atoms with Crippen molar-refractivity contribution in [2.24, 2.45) is 7.05 Å². The Morgan fingerprint density at radius 3 is 2.37 bits per heavy atom. The van der Waals surface area contributed by atoms with Crippen molar-refractivity contribution in [2.75, 3.05) is 31.3 Å². The summed E-state index contributed by atoms with van der Waals surface area (Å²) >= 11 is 0. The smallest absolute Gasteiger partial charge is 0.264 e. The summed E-state index contributed by atoms with van der Waals surface area (Å²) in [4.78, 5) is 35.8. The first-order valence-corrected chi connectivity index (χ1v) is 18.2. The molecular weight excluding hydrogens is 702 g/mol. The van der Waals surface area contributed by atoms with Crippen molar-refractivity contribution >= 4 is 46.5 Å². The zero-order valence-corrected chi connectivity index (χ0v) is 31.1. The van der Waals surface area contributed by atoms with E-state index in [2.05, 4.69) is 23.1 Å². The summed E-state index contributed by atoms with van der Waals surface area (Å²) in [5.74, 6) is 0.861. The average Bonchev–Trinajstić information content (AvgIpc) is 4.00. The molecule has 9 rings (SSSR count). The van der Waals surface area contributed by atoms with Crippen LogP contribution in [0.2, 0.25) is 0 Å². The van der Waals surface area contributed by atoms with Crippen molar-refractivity contribution in [2.45, 2.75) is 38.8 Å². The number of aromatic hydroxyl groups is 1. The summed E-state index contributed by atoms with van der Waals surface area (Å²) in [5, 5.41) is 11.1. The molecule has 54 heavy (non-hydrogen) atoms. The fourth-order valence-electron chi connectivity index (χ4n) is 8.18. The van der Waals surface area contributed by atoms with Gasteiger partial charge in [0.25, 0.3) is 11.8 Å². The van der Waals surface area contributed by atoms with E-state index >= 15 is 0 Å². The lowest BCUT2D eigenvalue weighted by molar-refractivity contribution is 0.0593. The number of ether oxygens (including phenoxy) is 2. The van der Waals surface area contributed by atoms with Gasteiger partial charge in [-0.25, -0.2) is 0 Å². The van der Waals surface area contributed by atoms with E-state index in [1.165, 1.54) is 18.4 Å². The Hall–Kier alpha value is -5.71. The number of benzene rings is 4. The van der Waals surface area contributed by atoms with Gasteiger partial charge in [-0.1, -0.05) is 24.3 Å². The maximum Gasteiger partial charge on any atom is 0.264 e. The molecular formula is C43H42ClN5O5. The number of fused-ring (bicyclic) bond motifs is 3. The number of rotatable bonds is 7. The first-order valence-electron chi connectivity index (χ1n) is 18.2. The van der Waals surface area contributed by atoms with Crippen molar-refractivity contribution in [3.63, 3.8) is 0 Å². The molecule has 0 aliphatic carbocycles. The van der Waals surface area contributed by atoms with E-state index in [-0.39, 0.29) is 42.8 Å². The quantitative estimate of drug-likeness (QED) is 0.180. The third kappa shape index (κ3) is 6.35. The van der Waals surface area contributed by atoms with Crippen LogP contribution in [0.25, 0.3) is 16.6 Å². The Kier molecular flexibility index (Phi) is 9.33.